The van der Waals surface area contributed by atoms with Gasteiger partial charge in [0.05, 0.1) is 29.8 Å². The summed E-state index contributed by atoms with van der Waals surface area (Å²) in [6.07, 6.45) is 5.46. The van der Waals surface area contributed by atoms with Gasteiger partial charge in [0.1, 0.15) is 11.4 Å². The number of rotatable bonds is 4. The lowest BCUT2D eigenvalue weighted by Gasteiger charge is -2.33. The van der Waals surface area contributed by atoms with E-state index in [4.69, 9.17) is 9.72 Å². The van der Waals surface area contributed by atoms with Crippen LogP contribution in [0.2, 0.25) is 0 Å². The molecule has 5 rings (SSSR count). The van der Waals surface area contributed by atoms with Gasteiger partial charge in [-0.15, -0.1) is 0 Å². The number of likely N-dealkylation sites (N-methyl/N-ethyl adjacent to an activating group) is 1. The molecule has 6 heteroatoms. The molecule has 0 spiro atoms. The van der Waals surface area contributed by atoms with E-state index in [0.29, 0.717) is 25.4 Å². The minimum atomic E-state index is -0.964. The zero-order chi connectivity index (χ0) is 21.0. The number of nitrogens with zero attached hydrogens (tertiary/aromatic N) is 3. The van der Waals surface area contributed by atoms with Crippen LogP contribution in [0, 0.1) is 0 Å². The van der Waals surface area contributed by atoms with Crippen LogP contribution in [0.5, 0.6) is 5.75 Å². The first-order valence-corrected chi connectivity index (χ1v) is 10.4. The van der Waals surface area contributed by atoms with Gasteiger partial charge in [0.25, 0.3) is 0 Å². The van der Waals surface area contributed by atoms with Crippen molar-refractivity contribution in [1.29, 1.82) is 0 Å². The molecular formula is C24H27N3O3. The van der Waals surface area contributed by atoms with Crippen LogP contribution in [-0.2, 0) is 23.4 Å². The van der Waals surface area contributed by atoms with Crippen molar-refractivity contribution in [2.45, 2.75) is 32.0 Å². The van der Waals surface area contributed by atoms with E-state index in [1.807, 2.05) is 33.3 Å². The second-order valence-corrected chi connectivity index (χ2v) is 8.62. The van der Waals surface area contributed by atoms with Gasteiger partial charge in [-0.3, -0.25) is 0 Å². The highest BCUT2D eigenvalue weighted by molar-refractivity contribution is 6.02. The molecule has 6 nitrogen and oxygen atoms in total. The SMILES string of the molecule is CC[C@@]1(O)COCc2cn3cc4cc5c(CCN(C)C)c(O)ccc5nc4c3cc21. The third-order valence-electron chi connectivity index (χ3n) is 6.33. The van der Waals surface area contributed by atoms with Crippen LogP contribution in [0.1, 0.15) is 30.0 Å². The Hall–Kier alpha value is -2.67. The van der Waals surface area contributed by atoms with E-state index in [-0.39, 0.29) is 0 Å². The van der Waals surface area contributed by atoms with E-state index in [0.717, 1.165) is 57.0 Å². The Labute approximate surface area is 175 Å². The van der Waals surface area contributed by atoms with E-state index in [1.165, 1.54) is 0 Å². The maximum Gasteiger partial charge on any atom is 0.119 e. The number of ether oxygens (including phenoxy) is 1. The van der Waals surface area contributed by atoms with Gasteiger partial charge in [-0.2, -0.15) is 0 Å². The van der Waals surface area contributed by atoms with Gasteiger partial charge in [-0.25, -0.2) is 4.98 Å². The minimum absolute atomic E-state index is 0.315. The van der Waals surface area contributed by atoms with Crippen molar-refractivity contribution < 1.29 is 14.9 Å². The molecule has 1 atom stereocenters. The van der Waals surface area contributed by atoms with Crippen LogP contribution in [-0.4, -0.2) is 51.7 Å². The normalized spacial score (nSPS) is 19.2. The van der Waals surface area contributed by atoms with Gasteiger partial charge in [-0.05, 0) is 56.8 Å². The Bertz CT molecular complexity index is 1280. The molecule has 0 amide bonds. The Kier molecular flexibility index (Phi) is 4.47. The summed E-state index contributed by atoms with van der Waals surface area (Å²) in [7, 11) is 4.06. The van der Waals surface area contributed by atoms with E-state index in [9.17, 15) is 10.2 Å². The van der Waals surface area contributed by atoms with Crippen LogP contribution in [0.15, 0.2) is 36.7 Å². The first-order valence-electron chi connectivity index (χ1n) is 10.4. The van der Waals surface area contributed by atoms with Crippen molar-refractivity contribution in [2.24, 2.45) is 0 Å². The molecule has 0 unspecified atom stereocenters. The number of hydrogen-bond acceptors (Lipinski definition) is 5. The summed E-state index contributed by atoms with van der Waals surface area (Å²) in [4.78, 5) is 7.07. The van der Waals surface area contributed by atoms with E-state index in [1.54, 1.807) is 6.07 Å². The molecule has 4 heterocycles. The molecule has 0 bridgehead atoms. The summed E-state index contributed by atoms with van der Waals surface area (Å²) >= 11 is 0. The highest BCUT2D eigenvalue weighted by atomic mass is 16.5. The second-order valence-electron chi connectivity index (χ2n) is 8.62. The molecule has 1 aliphatic rings. The average Bonchev–Trinajstić information content (AvgIpc) is 3.07. The molecule has 0 saturated carbocycles. The van der Waals surface area contributed by atoms with Gasteiger partial charge in [0.15, 0.2) is 0 Å². The van der Waals surface area contributed by atoms with Gasteiger partial charge in [0, 0.05) is 40.8 Å². The highest BCUT2D eigenvalue weighted by Crippen LogP contribution is 2.37. The Morgan fingerprint density at radius 2 is 2.07 bits per heavy atom. The molecule has 2 N–H and O–H groups in total. The average molecular weight is 405 g/mol. The van der Waals surface area contributed by atoms with E-state index in [2.05, 4.69) is 27.6 Å². The monoisotopic (exact) mass is 405 g/mol. The molecule has 156 valence electrons. The topological polar surface area (TPSA) is 70.2 Å². The smallest absolute Gasteiger partial charge is 0.119 e. The minimum Gasteiger partial charge on any atom is -0.508 e. The summed E-state index contributed by atoms with van der Waals surface area (Å²) in [5.41, 5.74) is 4.65. The molecule has 3 aromatic heterocycles. The Balaban J connectivity index is 1.74. The van der Waals surface area contributed by atoms with Crippen LogP contribution in [0.25, 0.3) is 27.3 Å². The summed E-state index contributed by atoms with van der Waals surface area (Å²) < 4.78 is 7.72. The van der Waals surface area contributed by atoms with Crippen molar-refractivity contribution in [3.05, 3.63) is 53.3 Å². The van der Waals surface area contributed by atoms with Crippen molar-refractivity contribution in [1.82, 2.24) is 14.3 Å². The molecule has 30 heavy (non-hydrogen) atoms. The quantitative estimate of drug-likeness (QED) is 0.543. The van der Waals surface area contributed by atoms with Gasteiger partial charge in [-0.1, -0.05) is 6.92 Å². The fraction of sp³-hybridized carbons (Fsp3) is 0.375. The largest absolute Gasteiger partial charge is 0.508 e. The van der Waals surface area contributed by atoms with Crippen molar-refractivity contribution in [3.8, 4) is 5.75 Å². The third-order valence-corrected chi connectivity index (χ3v) is 6.33. The first-order chi connectivity index (χ1) is 14.4. The number of phenolic OH excluding ortho intramolecular Hbond substituents is 1. The lowest BCUT2D eigenvalue weighted by molar-refractivity contribution is -0.0751. The second kappa shape index (κ2) is 6.94. The number of hydrogen-bond donors (Lipinski definition) is 2. The number of aromatic nitrogens is 2. The third kappa shape index (κ3) is 2.95. The fourth-order valence-corrected chi connectivity index (χ4v) is 4.52. The van der Waals surface area contributed by atoms with Gasteiger partial charge >= 0.3 is 0 Å². The number of fused-ring (bicyclic) bond motifs is 5. The molecule has 1 aliphatic heterocycles. The summed E-state index contributed by atoms with van der Waals surface area (Å²) in [6, 6.07) is 7.80. The fourth-order valence-electron chi connectivity index (χ4n) is 4.52. The number of aromatic hydroxyl groups is 1. The van der Waals surface area contributed by atoms with Crippen LogP contribution < -0.4 is 0 Å². The van der Waals surface area contributed by atoms with Crippen molar-refractivity contribution in [2.75, 3.05) is 27.2 Å². The first kappa shape index (κ1) is 19.3. The summed E-state index contributed by atoms with van der Waals surface area (Å²) in [5, 5.41) is 23.5. The van der Waals surface area contributed by atoms with E-state index < -0.39 is 5.60 Å². The molecule has 0 saturated heterocycles. The maximum atomic E-state index is 11.1. The predicted octanol–water partition coefficient (Wildman–Crippen LogP) is 3.58. The van der Waals surface area contributed by atoms with Crippen molar-refractivity contribution >= 4 is 27.3 Å². The standard InChI is InChI=1S/C24H27N3O3/c1-4-24(29)14-30-13-16-12-27-11-15-9-18-17(7-8-26(2)3)22(28)6-5-20(18)25-23(15)21(27)10-19(16)24/h5-6,9-12,28-29H,4,7-8,13-14H2,1-3H3/t24-/m1/s1. The molecule has 0 fully saturated rings. The lowest BCUT2D eigenvalue weighted by Crippen LogP contribution is -2.35. The molecule has 1 aromatic carbocycles. The molecule has 0 aliphatic carbocycles. The van der Waals surface area contributed by atoms with Crippen LogP contribution in [0.3, 0.4) is 0 Å². The summed E-state index contributed by atoms with van der Waals surface area (Å²) in [6.45, 7) is 3.65. The summed E-state index contributed by atoms with van der Waals surface area (Å²) in [5.74, 6) is 0.315. The predicted molar refractivity (Wildman–Crippen MR) is 118 cm³/mol. The Morgan fingerprint density at radius 3 is 2.83 bits per heavy atom. The number of phenols is 1. The van der Waals surface area contributed by atoms with Crippen LogP contribution in [0.4, 0.5) is 0 Å². The van der Waals surface area contributed by atoms with Gasteiger partial charge < -0.3 is 24.3 Å². The number of benzene rings is 1. The van der Waals surface area contributed by atoms with Crippen molar-refractivity contribution in [3.63, 3.8) is 0 Å². The van der Waals surface area contributed by atoms with Gasteiger partial charge in [0.2, 0.25) is 0 Å². The Morgan fingerprint density at radius 1 is 1.23 bits per heavy atom. The zero-order valence-electron chi connectivity index (χ0n) is 17.6. The molecule has 0 radical (unpaired) electrons. The number of aliphatic hydroxyl groups is 1. The highest BCUT2D eigenvalue weighted by Gasteiger charge is 2.34. The lowest BCUT2D eigenvalue weighted by atomic mass is 9.87. The zero-order valence-corrected chi connectivity index (χ0v) is 17.6. The molecular weight excluding hydrogens is 378 g/mol. The maximum absolute atomic E-state index is 11.1. The molecule has 4 aromatic rings. The van der Waals surface area contributed by atoms with E-state index >= 15 is 0 Å². The number of pyridine rings is 2. The van der Waals surface area contributed by atoms with Crippen LogP contribution >= 0.6 is 0 Å².